The van der Waals surface area contributed by atoms with Crippen LogP contribution in [0, 0.1) is 5.92 Å². The molecule has 3 rings (SSSR count). The normalized spacial score (nSPS) is 26.9. The van der Waals surface area contributed by atoms with Crippen LogP contribution in [0.2, 0.25) is 0 Å². The van der Waals surface area contributed by atoms with E-state index < -0.39 is 15.9 Å². The molecule has 2 aromatic carbocycles. The smallest absolute Gasteiger partial charge is 0.179 e. The van der Waals surface area contributed by atoms with Crippen molar-refractivity contribution in [2.75, 3.05) is 5.75 Å². The van der Waals surface area contributed by atoms with E-state index in [9.17, 15) is 13.5 Å². The molecule has 2 aromatic rings. The van der Waals surface area contributed by atoms with Gasteiger partial charge in [0.2, 0.25) is 0 Å². The second kappa shape index (κ2) is 5.86. The summed E-state index contributed by atoms with van der Waals surface area (Å²) < 4.78 is 25.3. The Labute approximate surface area is 131 Å². The Balaban J connectivity index is 2.25. The van der Waals surface area contributed by atoms with E-state index in [-0.39, 0.29) is 17.6 Å². The first-order chi connectivity index (χ1) is 10.5. The Kier molecular flexibility index (Phi) is 4.06. The molecule has 22 heavy (non-hydrogen) atoms. The molecule has 1 aliphatic rings. The van der Waals surface area contributed by atoms with Crippen LogP contribution in [-0.4, -0.2) is 25.4 Å². The van der Waals surface area contributed by atoms with Gasteiger partial charge in [-0.3, -0.25) is 0 Å². The summed E-state index contributed by atoms with van der Waals surface area (Å²) in [5.74, 6) is -0.562. The molecule has 4 heteroatoms. The van der Waals surface area contributed by atoms with Gasteiger partial charge in [0.05, 0.1) is 16.8 Å². The molecular formula is C18H20O3S. The Morgan fingerprint density at radius 3 is 2.36 bits per heavy atom. The van der Waals surface area contributed by atoms with Gasteiger partial charge in [-0.05, 0) is 29.5 Å². The number of aliphatic hydroxyl groups is 1. The fourth-order valence-corrected chi connectivity index (χ4v) is 5.36. The first-order valence-corrected chi connectivity index (χ1v) is 9.24. The average Bonchev–Trinajstić information content (AvgIpc) is 2.62. The van der Waals surface area contributed by atoms with Crippen molar-refractivity contribution in [2.45, 2.75) is 30.3 Å². The summed E-state index contributed by atoms with van der Waals surface area (Å²) in [5, 5.41) is 10.9. The lowest BCUT2D eigenvalue weighted by Crippen LogP contribution is -2.29. The zero-order valence-electron chi connectivity index (χ0n) is 12.5. The van der Waals surface area contributed by atoms with E-state index in [1.807, 2.05) is 49.4 Å². The fraction of sp³-hybridized carbons (Fsp3) is 0.333. The highest BCUT2D eigenvalue weighted by atomic mass is 32.2. The summed E-state index contributed by atoms with van der Waals surface area (Å²) in [5.41, 5.74) is 1.66. The van der Waals surface area contributed by atoms with Crippen LogP contribution in [0.5, 0.6) is 0 Å². The molecule has 0 aliphatic carbocycles. The van der Waals surface area contributed by atoms with E-state index in [1.54, 1.807) is 12.1 Å². The van der Waals surface area contributed by atoms with Gasteiger partial charge in [-0.2, -0.15) is 0 Å². The van der Waals surface area contributed by atoms with E-state index in [0.717, 1.165) is 5.56 Å². The van der Waals surface area contributed by atoms with Gasteiger partial charge >= 0.3 is 0 Å². The third kappa shape index (κ3) is 2.57. The zero-order valence-corrected chi connectivity index (χ0v) is 13.3. The monoisotopic (exact) mass is 316 g/mol. The van der Waals surface area contributed by atoms with Gasteiger partial charge < -0.3 is 5.11 Å². The van der Waals surface area contributed by atoms with Gasteiger partial charge in [-0.25, -0.2) is 8.42 Å². The maximum Gasteiger partial charge on any atom is 0.179 e. The van der Waals surface area contributed by atoms with Gasteiger partial charge in [-0.15, -0.1) is 0 Å². The van der Waals surface area contributed by atoms with Crippen LogP contribution < -0.4 is 0 Å². The third-order valence-electron chi connectivity index (χ3n) is 4.53. The topological polar surface area (TPSA) is 54.4 Å². The molecule has 0 amide bonds. The Morgan fingerprint density at radius 1 is 1.05 bits per heavy atom. The molecule has 1 N–H and O–H groups in total. The Bertz CT molecular complexity index is 753. The van der Waals surface area contributed by atoms with Gasteiger partial charge in [0.25, 0.3) is 0 Å². The van der Waals surface area contributed by atoms with E-state index in [0.29, 0.717) is 16.9 Å². The molecule has 1 heterocycles. The molecule has 116 valence electrons. The van der Waals surface area contributed by atoms with Crippen LogP contribution in [0.4, 0.5) is 0 Å². The summed E-state index contributed by atoms with van der Waals surface area (Å²) in [6.45, 7) is 1.93. The quantitative estimate of drug-likeness (QED) is 0.926. The van der Waals surface area contributed by atoms with Gasteiger partial charge in [-0.1, -0.05) is 55.5 Å². The van der Waals surface area contributed by atoms with E-state index >= 15 is 0 Å². The standard InChI is InChI=1S/C18H20O3S/c1-2-13-12-22(20,21)16-11-7-6-10-15(16)17(18(13)19)14-8-4-3-5-9-14/h3-11,13,17-19H,2,12H2,1H3/t13-,17-,18+/m0/s1. The molecule has 0 fully saturated rings. The molecule has 0 spiro atoms. The number of hydrogen-bond acceptors (Lipinski definition) is 3. The third-order valence-corrected chi connectivity index (χ3v) is 6.44. The van der Waals surface area contributed by atoms with Crippen molar-refractivity contribution in [1.82, 2.24) is 0 Å². The SMILES string of the molecule is CC[C@H]1CS(=O)(=O)c2ccccc2[C@H](c2ccccc2)[C@@H]1O. The lowest BCUT2D eigenvalue weighted by molar-refractivity contribution is 0.100. The highest BCUT2D eigenvalue weighted by Gasteiger charge is 2.39. The summed E-state index contributed by atoms with van der Waals surface area (Å²) in [4.78, 5) is 0.360. The highest BCUT2D eigenvalue weighted by Crippen LogP contribution is 2.40. The summed E-state index contributed by atoms with van der Waals surface area (Å²) >= 11 is 0. The number of hydrogen-bond donors (Lipinski definition) is 1. The van der Waals surface area contributed by atoms with E-state index in [4.69, 9.17) is 0 Å². The molecule has 0 saturated carbocycles. The molecule has 3 nitrogen and oxygen atoms in total. The Morgan fingerprint density at radius 2 is 1.68 bits per heavy atom. The lowest BCUT2D eigenvalue weighted by Gasteiger charge is -2.27. The molecule has 1 aliphatic heterocycles. The molecule has 0 bridgehead atoms. The number of benzene rings is 2. The van der Waals surface area contributed by atoms with Crippen LogP contribution in [-0.2, 0) is 9.84 Å². The molecule has 0 aromatic heterocycles. The van der Waals surface area contributed by atoms with Crippen LogP contribution in [0.15, 0.2) is 59.5 Å². The summed E-state index contributed by atoms with van der Waals surface area (Å²) in [6, 6.07) is 16.7. The number of sulfone groups is 1. The second-order valence-electron chi connectivity index (χ2n) is 5.87. The van der Waals surface area contributed by atoms with Crippen molar-refractivity contribution in [3.8, 4) is 0 Å². The second-order valence-corrected chi connectivity index (χ2v) is 7.87. The molecular weight excluding hydrogens is 296 g/mol. The average molecular weight is 316 g/mol. The van der Waals surface area contributed by atoms with Crippen molar-refractivity contribution < 1.29 is 13.5 Å². The summed E-state index contributed by atoms with van der Waals surface area (Å²) in [6.07, 6.45) is -0.0663. The highest BCUT2D eigenvalue weighted by molar-refractivity contribution is 7.91. The fourth-order valence-electron chi connectivity index (χ4n) is 3.34. The van der Waals surface area contributed by atoms with Crippen LogP contribution in [0.1, 0.15) is 30.4 Å². The van der Waals surface area contributed by atoms with E-state index in [1.165, 1.54) is 0 Å². The number of aliphatic hydroxyl groups excluding tert-OH is 1. The maximum atomic E-state index is 12.7. The summed E-state index contributed by atoms with van der Waals surface area (Å²) in [7, 11) is -3.37. The minimum Gasteiger partial charge on any atom is -0.392 e. The first-order valence-electron chi connectivity index (χ1n) is 7.59. The number of fused-ring (bicyclic) bond motifs is 1. The number of rotatable bonds is 2. The zero-order chi connectivity index (χ0) is 15.7. The molecule has 0 unspecified atom stereocenters. The predicted octanol–water partition coefficient (Wildman–Crippen LogP) is 2.99. The van der Waals surface area contributed by atoms with Crippen molar-refractivity contribution in [3.05, 3.63) is 65.7 Å². The lowest BCUT2D eigenvalue weighted by atomic mass is 9.81. The van der Waals surface area contributed by atoms with Crippen LogP contribution in [0.3, 0.4) is 0 Å². The van der Waals surface area contributed by atoms with E-state index in [2.05, 4.69) is 0 Å². The molecule has 0 saturated heterocycles. The van der Waals surface area contributed by atoms with Crippen molar-refractivity contribution in [1.29, 1.82) is 0 Å². The minimum atomic E-state index is -3.37. The largest absolute Gasteiger partial charge is 0.392 e. The van der Waals surface area contributed by atoms with Crippen molar-refractivity contribution in [3.63, 3.8) is 0 Å². The van der Waals surface area contributed by atoms with Crippen LogP contribution in [0.25, 0.3) is 0 Å². The first kappa shape index (κ1) is 15.3. The minimum absolute atomic E-state index is 0.00497. The Hall–Kier alpha value is -1.65. The molecule has 0 radical (unpaired) electrons. The van der Waals surface area contributed by atoms with Crippen molar-refractivity contribution in [2.24, 2.45) is 5.92 Å². The molecule has 3 atom stereocenters. The van der Waals surface area contributed by atoms with Crippen LogP contribution >= 0.6 is 0 Å². The van der Waals surface area contributed by atoms with Gasteiger partial charge in [0, 0.05) is 5.92 Å². The van der Waals surface area contributed by atoms with Gasteiger partial charge in [0.1, 0.15) is 0 Å². The van der Waals surface area contributed by atoms with Crippen molar-refractivity contribution >= 4 is 9.84 Å². The maximum absolute atomic E-state index is 12.7. The van der Waals surface area contributed by atoms with Gasteiger partial charge in [0.15, 0.2) is 9.84 Å². The predicted molar refractivity (Wildman–Crippen MR) is 86.6 cm³/mol.